The number of nitrogens with zero attached hydrogens (tertiary/aromatic N) is 1. The molecule has 3 heteroatoms. The van der Waals surface area contributed by atoms with Gasteiger partial charge in [0.1, 0.15) is 0 Å². The molecular weight excluding hydrogens is 276 g/mol. The second kappa shape index (κ2) is 4.69. The molecule has 1 saturated carbocycles. The maximum absolute atomic E-state index is 6.55. The zero-order chi connectivity index (χ0) is 12.5. The fraction of sp³-hybridized carbons (Fsp3) is 0.643. The molecule has 94 valence electrons. The first-order valence-electron chi connectivity index (χ1n) is 6.28. The summed E-state index contributed by atoms with van der Waals surface area (Å²) in [6.45, 7) is 4.64. The predicted molar refractivity (Wildman–Crippen MR) is 74.8 cm³/mol. The van der Waals surface area contributed by atoms with Crippen LogP contribution in [0, 0.1) is 5.41 Å². The van der Waals surface area contributed by atoms with E-state index in [1.165, 1.54) is 12.8 Å². The highest BCUT2D eigenvalue weighted by molar-refractivity contribution is 9.10. The van der Waals surface area contributed by atoms with Gasteiger partial charge in [-0.15, -0.1) is 0 Å². The molecule has 1 unspecified atom stereocenters. The first-order chi connectivity index (χ1) is 7.89. The molecule has 0 amide bonds. The van der Waals surface area contributed by atoms with Crippen LogP contribution in [0.15, 0.2) is 22.8 Å². The second-order valence-electron chi connectivity index (χ2n) is 6.20. The Bertz CT molecular complexity index is 386. The Hall–Kier alpha value is -0.410. The standard InChI is InChI=1S/C14H21BrN2/c1-13(2)6-3-7-14(16,10-13)8-12-5-4-11(15)9-17-12/h4-5,9H,3,6-8,10,16H2,1-2H3. The lowest BCUT2D eigenvalue weighted by Gasteiger charge is -2.42. The maximum atomic E-state index is 6.55. The van der Waals surface area contributed by atoms with Crippen LogP contribution in [0.25, 0.3) is 0 Å². The Morgan fingerprint density at radius 3 is 2.71 bits per heavy atom. The van der Waals surface area contributed by atoms with Gasteiger partial charge in [-0.2, -0.15) is 0 Å². The fourth-order valence-corrected chi connectivity index (χ4v) is 3.31. The van der Waals surface area contributed by atoms with E-state index in [1.807, 2.05) is 12.3 Å². The quantitative estimate of drug-likeness (QED) is 0.904. The van der Waals surface area contributed by atoms with Crippen molar-refractivity contribution >= 4 is 15.9 Å². The topological polar surface area (TPSA) is 38.9 Å². The van der Waals surface area contributed by atoms with Gasteiger partial charge < -0.3 is 5.73 Å². The van der Waals surface area contributed by atoms with Crippen molar-refractivity contribution in [3.05, 3.63) is 28.5 Å². The third kappa shape index (κ3) is 3.52. The predicted octanol–water partition coefficient (Wildman–Crippen LogP) is 3.68. The van der Waals surface area contributed by atoms with Crippen LogP contribution in [0.4, 0.5) is 0 Å². The minimum Gasteiger partial charge on any atom is -0.325 e. The van der Waals surface area contributed by atoms with Gasteiger partial charge in [0, 0.05) is 28.3 Å². The van der Waals surface area contributed by atoms with E-state index in [-0.39, 0.29) is 5.54 Å². The van der Waals surface area contributed by atoms with E-state index < -0.39 is 0 Å². The number of rotatable bonds is 2. The molecule has 2 rings (SSSR count). The Balaban J connectivity index is 2.09. The van der Waals surface area contributed by atoms with Crippen LogP contribution in [-0.2, 0) is 6.42 Å². The fourth-order valence-electron chi connectivity index (χ4n) is 3.07. The average Bonchev–Trinajstić information content (AvgIpc) is 2.19. The summed E-state index contributed by atoms with van der Waals surface area (Å²) in [5.41, 5.74) is 7.97. The SMILES string of the molecule is CC1(C)CCCC(N)(Cc2ccc(Br)cn2)C1. The first-order valence-corrected chi connectivity index (χ1v) is 7.07. The summed E-state index contributed by atoms with van der Waals surface area (Å²) < 4.78 is 1.02. The van der Waals surface area contributed by atoms with Crippen molar-refractivity contribution in [2.24, 2.45) is 11.1 Å². The van der Waals surface area contributed by atoms with E-state index in [1.54, 1.807) is 0 Å². The van der Waals surface area contributed by atoms with Crippen molar-refractivity contribution in [2.45, 2.75) is 51.5 Å². The molecule has 1 aliphatic carbocycles. The van der Waals surface area contributed by atoms with E-state index in [0.717, 1.165) is 29.4 Å². The van der Waals surface area contributed by atoms with E-state index >= 15 is 0 Å². The van der Waals surface area contributed by atoms with Gasteiger partial charge in [-0.05, 0) is 52.7 Å². The van der Waals surface area contributed by atoms with Gasteiger partial charge in [0.05, 0.1) is 0 Å². The molecule has 0 spiro atoms. The van der Waals surface area contributed by atoms with Crippen LogP contribution >= 0.6 is 15.9 Å². The van der Waals surface area contributed by atoms with Crippen molar-refractivity contribution in [1.82, 2.24) is 4.98 Å². The number of halogens is 1. The van der Waals surface area contributed by atoms with E-state index in [4.69, 9.17) is 5.73 Å². The van der Waals surface area contributed by atoms with Crippen LogP contribution in [-0.4, -0.2) is 10.5 Å². The van der Waals surface area contributed by atoms with Gasteiger partial charge in [0.15, 0.2) is 0 Å². The molecule has 0 bridgehead atoms. The number of hydrogen-bond donors (Lipinski definition) is 1. The minimum absolute atomic E-state index is 0.0669. The highest BCUT2D eigenvalue weighted by atomic mass is 79.9. The van der Waals surface area contributed by atoms with Gasteiger partial charge >= 0.3 is 0 Å². The van der Waals surface area contributed by atoms with Gasteiger partial charge in [0.25, 0.3) is 0 Å². The maximum Gasteiger partial charge on any atom is 0.0422 e. The smallest absolute Gasteiger partial charge is 0.0422 e. The van der Waals surface area contributed by atoms with Crippen LogP contribution in [0.5, 0.6) is 0 Å². The Morgan fingerprint density at radius 2 is 2.12 bits per heavy atom. The molecule has 0 aromatic carbocycles. The zero-order valence-electron chi connectivity index (χ0n) is 10.7. The highest BCUT2D eigenvalue weighted by Crippen LogP contribution is 2.40. The lowest BCUT2D eigenvalue weighted by Crippen LogP contribution is -2.48. The summed E-state index contributed by atoms with van der Waals surface area (Å²) in [4.78, 5) is 4.44. The van der Waals surface area contributed by atoms with Crippen molar-refractivity contribution in [2.75, 3.05) is 0 Å². The second-order valence-corrected chi connectivity index (χ2v) is 7.12. The molecule has 0 aliphatic heterocycles. The molecule has 0 saturated heterocycles. The molecular formula is C14H21BrN2. The molecule has 1 aromatic rings. The summed E-state index contributed by atoms with van der Waals surface area (Å²) in [5, 5.41) is 0. The van der Waals surface area contributed by atoms with Crippen LogP contribution in [0.3, 0.4) is 0 Å². The van der Waals surface area contributed by atoms with Crippen molar-refractivity contribution in [3.8, 4) is 0 Å². The molecule has 17 heavy (non-hydrogen) atoms. The summed E-state index contributed by atoms with van der Waals surface area (Å²) in [6.07, 6.45) is 7.49. The lowest BCUT2D eigenvalue weighted by molar-refractivity contribution is 0.150. The molecule has 1 aromatic heterocycles. The summed E-state index contributed by atoms with van der Waals surface area (Å²) in [5.74, 6) is 0. The molecule has 2 N–H and O–H groups in total. The van der Waals surface area contributed by atoms with E-state index in [2.05, 4.69) is 40.8 Å². The first kappa shape index (κ1) is 13.0. The molecule has 1 fully saturated rings. The zero-order valence-corrected chi connectivity index (χ0v) is 12.3. The van der Waals surface area contributed by atoms with Gasteiger partial charge in [-0.25, -0.2) is 0 Å². The normalized spacial score (nSPS) is 28.0. The molecule has 1 heterocycles. The summed E-state index contributed by atoms with van der Waals surface area (Å²) in [6, 6.07) is 4.11. The molecule has 1 atom stereocenters. The Kier molecular flexibility index (Phi) is 3.60. The average molecular weight is 297 g/mol. The molecule has 1 aliphatic rings. The monoisotopic (exact) mass is 296 g/mol. The van der Waals surface area contributed by atoms with Crippen molar-refractivity contribution in [1.29, 1.82) is 0 Å². The Morgan fingerprint density at radius 1 is 1.35 bits per heavy atom. The van der Waals surface area contributed by atoms with Crippen LogP contribution in [0.2, 0.25) is 0 Å². The van der Waals surface area contributed by atoms with Crippen LogP contribution < -0.4 is 5.73 Å². The number of nitrogens with two attached hydrogens (primary N) is 1. The van der Waals surface area contributed by atoms with Gasteiger partial charge in [-0.3, -0.25) is 4.98 Å². The van der Waals surface area contributed by atoms with Gasteiger partial charge in [-0.1, -0.05) is 20.3 Å². The van der Waals surface area contributed by atoms with Crippen LogP contribution in [0.1, 0.15) is 45.2 Å². The molecule has 2 nitrogen and oxygen atoms in total. The van der Waals surface area contributed by atoms with Crippen molar-refractivity contribution in [3.63, 3.8) is 0 Å². The van der Waals surface area contributed by atoms with E-state index in [0.29, 0.717) is 5.41 Å². The van der Waals surface area contributed by atoms with E-state index in [9.17, 15) is 0 Å². The van der Waals surface area contributed by atoms with Crippen molar-refractivity contribution < 1.29 is 0 Å². The largest absolute Gasteiger partial charge is 0.325 e. The number of aromatic nitrogens is 1. The molecule has 0 radical (unpaired) electrons. The van der Waals surface area contributed by atoms with Gasteiger partial charge in [0.2, 0.25) is 0 Å². The lowest BCUT2D eigenvalue weighted by atomic mass is 9.67. The Labute approximate surface area is 112 Å². The summed E-state index contributed by atoms with van der Waals surface area (Å²) >= 11 is 3.41. The highest BCUT2D eigenvalue weighted by Gasteiger charge is 2.37. The summed E-state index contributed by atoms with van der Waals surface area (Å²) in [7, 11) is 0. The number of pyridine rings is 1. The number of hydrogen-bond acceptors (Lipinski definition) is 2. The third-order valence-electron chi connectivity index (χ3n) is 3.68. The minimum atomic E-state index is -0.0669. The third-order valence-corrected chi connectivity index (χ3v) is 4.15.